The molecule has 0 saturated heterocycles. The predicted molar refractivity (Wildman–Crippen MR) is 148 cm³/mol. The van der Waals surface area contributed by atoms with Crippen molar-refractivity contribution in [2.75, 3.05) is 6.61 Å². The summed E-state index contributed by atoms with van der Waals surface area (Å²) < 4.78 is 26.3. The highest BCUT2D eigenvalue weighted by molar-refractivity contribution is 7.97. The molecule has 4 aromatic carbocycles. The molecule has 1 fully saturated rings. The average Bonchev–Trinajstić information content (AvgIpc) is 3.42. The lowest BCUT2D eigenvalue weighted by atomic mass is 10.0. The highest BCUT2D eigenvalue weighted by Crippen LogP contribution is 2.35. The maximum Gasteiger partial charge on any atom is 0.345 e. The standard InChI is InChI=1S/C33H28FO3S/c34-30-19-18-29(38(27-14-6-2-7-15-27)28-16-8-3-9-17-28)24-31(30)36-25-32(35)37-33(21-10-11-22-33)23-20-26-12-4-1-5-13-26/h1-9,12-19,24H,10-11,21-22,25H2/q+1. The molecule has 0 radical (unpaired) electrons. The van der Waals surface area contributed by atoms with Crippen LogP contribution in [0.2, 0.25) is 0 Å². The van der Waals surface area contributed by atoms with Crippen LogP contribution in [-0.2, 0) is 20.4 Å². The smallest absolute Gasteiger partial charge is 0.345 e. The van der Waals surface area contributed by atoms with E-state index < -0.39 is 28.3 Å². The van der Waals surface area contributed by atoms with Gasteiger partial charge in [-0.2, -0.15) is 0 Å². The molecule has 190 valence electrons. The van der Waals surface area contributed by atoms with E-state index in [4.69, 9.17) is 9.47 Å². The number of carbonyl (C=O) groups is 1. The maximum atomic E-state index is 14.8. The second kappa shape index (κ2) is 12.0. The van der Waals surface area contributed by atoms with Crippen LogP contribution in [0.5, 0.6) is 5.75 Å². The first kappa shape index (κ1) is 25.6. The lowest BCUT2D eigenvalue weighted by Crippen LogP contribution is -2.32. The Balaban J connectivity index is 1.33. The van der Waals surface area contributed by atoms with Gasteiger partial charge in [0.2, 0.25) is 0 Å². The Labute approximate surface area is 226 Å². The van der Waals surface area contributed by atoms with Gasteiger partial charge in [0.1, 0.15) is 0 Å². The lowest BCUT2D eigenvalue weighted by molar-refractivity contribution is -0.156. The van der Waals surface area contributed by atoms with Gasteiger partial charge in [0, 0.05) is 11.6 Å². The minimum absolute atomic E-state index is 0.0275. The second-order valence-corrected chi connectivity index (χ2v) is 11.1. The van der Waals surface area contributed by atoms with Gasteiger partial charge in [-0.3, -0.25) is 0 Å². The van der Waals surface area contributed by atoms with E-state index in [1.807, 2.05) is 66.7 Å². The molecule has 0 bridgehead atoms. The molecule has 5 rings (SSSR count). The number of benzene rings is 4. The van der Waals surface area contributed by atoms with Gasteiger partial charge in [-0.15, -0.1) is 0 Å². The van der Waals surface area contributed by atoms with Crippen molar-refractivity contribution in [3.05, 3.63) is 121 Å². The predicted octanol–water partition coefficient (Wildman–Crippen LogP) is 7.21. The first-order valence-corrected chi connectivity index (χ1v) is 13.9. The van der Waals surface area contributed by atoms with Crippen LogP contribution in [0.15, 0.2) is 124 Å². The molecule has 0 amide bonds. The molecule has 38 heavy (non-hydrogen) atoms. The SMILES string of the molecule is O=C(COc1cc([S+](c2ccccc2)c2ccccc2)ccc1F)OC1(C#Cc2ccccc2)CCCC1. The number of ether oxygens (including phenoxy) is 2. The summed E-state index contributed by atoms with van der Waals surface area (Å²) in [5.41, 5.74) is 0.0428. The lowest BCUT2D eigenvalue weighted by Gasteiger charge is -2.23. The van der Waals surface area contributed by atoms with E-state index in [2.05, 4.69) is 36.1 Å². The van der Waals surface area contributed by atoms with Crippen molar-refractivity contribution in [3.63, 3.8) is 0 Å². The van der Waals surface area contributed by atoms with Crippen LogP contribution >= 0.6 is 0 Å². The summed E-state index contributed by atoms with van der Waals surface area (Å²) in [5.74, 6) is 5.28. The monoisotopic (exact) mass is 523 g/mol. The minimum Gasteiger partial charge on any atom is -0.479 e. The van der Waals surface area contributed by atoms with Gasteiger partial charge in [0.15, 0.2) is 38.5 Å². The number of hydrogen-bond donors (Lipinski definition) is 0. The summed E-state index contributed by atoms with van der Waals surface area (Å²) in [6.45, 7) is -0.389. The van der Waals surface area contributed by atoms with E-state index in [9.17, 15) is 9.18 Å². The molecule has 1 aliphatic carbocycles. The molecule has 0 N–H and O–H groups in total. The normalized spacial score (nSPS) is 13.9. The number of rotatable bonds is 7. The molecule has 0 aromatic heterocycles. The molecule has 4 aromatic rings. The summed E-state index contributed by atoms with van der Waals surface area (Å²) in [4.78, 5) is 15.9. The van der Waals surface area contributed by atoms with Crippen LogP contribution in [0, 0.1) is 17.7 Å². The number of hydrogen-bond acceptors (Lipinski definition) is 3. The van der Waals surface area contributed by atoms with Gasteiger partial charge in [0.05, 0.1) is 10.9 Å². The zero-order chi connectivity index (χ0) is 26.2. The average molecular weight is 524 g/mol. The number of esters is 1. The third-order valence-electron chi connectivity index (χ3n) is 6.37. The van der Waals surface area contributed by atoms with Crippen molar-refractivity contribution >= 4 is 16.9 Å². The molecular formula is C33H28FO3S+. The Morgan fingerprint density at radius 3 is 1.97 bits per heavy atom. The molecule has 0 aliphatic heterocycles. The van der Waals surface area contributed by atoms with Gasteiger partial charge >= 0.3 is 5.97 Å². The van der Waals surface area contributed by atoms with Crippen molar-refractivity contribution in [1.82, 2.24) is 0 Å². The zero-order valence-corrected chi connectivity index (χ0v) is 21.8. The summed E-state index contributed by atoms with van der Waals surface area (Å²) in [5, 5.41) is 0. The largest absolute Gasteiger partial charge is 0.479 e. The summed E-state index contributed by atoms with van der Waals surface area (Å²) >= 11 is 0. The maximum absolute atomic E-state index is 14.8. The van der Waals surface area contributed by atoms with Gasteiger partial charge in [-0.1, -0.05) is 60.5 Å². The fraction of sp³-hybridized carbons (Fsp3) is 0.182. The third kappa shape index (κ3) is 6.27. The van der Waals surface area contributed by atoms with E-state index >= 15 is 0 Å². The van der Waals surface area contributed by atoms with Crippen molar-refractivity contribution in [3.8, 4) is 17.6 Å². The molecule has 5 heteroatoms. The van der Waals surface area contributed by atoms with E-state index in [0.29, 0.717) is 12.8 Å². The van der Waals surface area contributed by atoms with Crippen LogP contribution in [0.4, 0.5) is 4.39 Å². The Morgan fingerprint density at radius 1 is 0.789 bits per heavy atom. The molecule has 0 atom stereocenters. The van der Waals surface area contributed by atoms with Crippen molar-refractivity contribution in [2.45, 2.75) is 46.0 Å². The van der Waals surface area contributed by atoms with Crippen LogP contribution in [-0.4, -0.2) is 18.2 Å². The van der Waals surface area contributed by atoms with Crippen molar-refractivity contribution in [2.24, 2.45) is 0 Å². The molecule has 0 unspecified atom stereocenters. The van der Waals surface area contributed by atoms with Crippen molar-refractivity contribution in [1.29, 1.82) is 0 Å². The van der Waals surface area contributed by atoms with Crippen molar-refractivity contribution < 1.29 is 18.7 Å². The number of carbonyl (C=O) groups excluding carboxylic acids is 1. The Morgan fingerprint density at radius 2 is 1.37 bits per heavy atom. The Kier molecular flexibility index (Phi) is 8.11. The minimum atomic E-state index is -0.830. The van der Waals surface area contributed by atoms with Crippen LogP contribution in [0.1, 0.15) is 31.2 Å². The molecule has 0 spiro atoms. The zero-order valence-electron chi connectivity index (χ0n) is 20.9. The molecular weight excluding hydrogens is 495 g/mol. The molecule has 3 nitrogen and oxygen atoms in total. The van der Waals surface area contributed by atoms with E-state index in [1.165, 1.54) is 6.07 Å². The van der Waals surface area contributed by atoms with Crippen LogP contribution in [0.25, 0.3) is 0 Å². The fourth-order valence-corrected chi connectivity index (χ4v) is 6.64. The fourth-order valence-electron chi connectivity index (χ4n) is 4.53. The van der Waals surface area contributed by atoms with Crippen LogP contribution < -0.4 is 4.74 Å². The quantitative estimate of drug-likeness (QED) is 0.146. The Hall–Kier alpha value is -4.01. The highest BCUT2D eigenvalue weighted by Gasteiger charge is 2.36. The van der Waals surface area contributed by atoms with Gasteiger partial charge < -0.3 is 9.47 Å². The first-order chi connectivity index (χ1) is 18.6. The first-order valence-electron chi connectivity index (χ1n) is 12.7. The summed E-state index contributed by atoms with van der Waals surface area (Å²) in [6.07, 6.45) is 3.24. The molecule has 1 saturated carbocycles. The number of halogens is 1. The topological polar surface area (TPSA) is 35.5 Å². The summed E-state index contributed by atoms with van der Waals surface area (Å²) in [6, 6.07) is 34.7. The van der Waals surface area contributed by atoms with E-state index in [-0.39, 0.29) is 12.4 Å². The summed E-state index contributed by atoms with van der Waals surface area (Å²) in [7, 11) is -0.460. The van der Waals surface area contributed by atoms with Crippen LogP contribution in [0.3, 0.4) is 0 Å². The van der Waals surface area contributed by atoms with E-state index in [1.54, 1.807) is 12.1 Å². The van der Waals surface area contributed by atoms with Gasteiger partial charge in [-0.05, 0) is 80.1 Å². The highest BCUT2D eigenvalue weighted by atomic mass is 32.2. The Bertz CT molecular complexity index is 1380. The van der Waals surface area contributed by atoms with Gasteiger partial charge in [-0.25, -0.2) is 9.18 Å². The molecule has 1 aliphatic rings. The second-order valence-electron chi connectivity index (χ2n) is 9.10. The molecule has 0 heterocycles. The third-order valence-corrected chi connectivity index (χ3v) is 8.58. The van der Waals surface area contributed by atoms with E-state index in [0.717, 1.165) is 33.1 Å². The van der Waals surface area contributed by atoms with Gasteiger partial charge in [0.25, 0.3) is 0 Å².